The van der Waals surface area contributed by atoms with Gasteiger partial charge in [0.1, 0.15) is 16.9 Å². The maximum Gasteiger partial charge on any atom is 0.254 e. The predicted octanol–water partition coefficient (Wildman–Crippen LogP) is 5.18. The van der Waals surface area contributed by atoms with E-state index in [1.165, 1.54) is 0 Å². The maximum absolute atomic E-state index is 13.9. The minimum absolute atomic E-state index is 0.00215. The van der Waals surface area contributed by atoms with E-state index in [-0.39, 0.29) is 23.9 Å². The number of alkyl halides is 2. The third kappa shape index (κ3) is 5.25. The second-order valence-electron chi connectivity index (χ2n) is 14.3. The number of carbonyl (C=O) groups is 2. The van der Waals surface area contributed by atoms with Crippen molar-refractivity contribution in [2.24, 2.45) is 30.5 Å². The molecule has 2 bridgehead atoms. The number of methoxy groups -OCH3 is 1. The minimum Gasteiger partial charge on any atom is -0.494 e. The second-order valence-corrected chi connectivity index (χ2v) is 14.3. The van der Waals surface area contributed by atoms with Crippen LogP contribution in [0, 0.1) is 17.8 Å². The average Bonchev–Trinajstić information content (AvgIpc) is 3.50. The van der Waals surface area contributed by atoms with Crippen LogP contribution in [0.4, 0.5) is 8.78 Å². The van der Waals surface area contributed by atoms with Crippen LogP contribution in [-0.2, 0) is 18.4 Å². The fourth-order valence-electron chi connectivity index (χ4n) is 7.99. The number of piperidine rings is 1. The standard InChI is InChI=1S/C35H41F2N7O3/c1-18(39-33(45)23-14-35(36,37)15-23)26-9-7-21-12-28(44(31(21)40-26)16-19-4-5-19)32-41-27-11-22(13-29(47-3)30(27)42(32)2)34(46)43-17-25(38)20-6-8-24(43)10-20/h7,9,11-13,18-20,23-25H,4-6,8,10,14-17,38H2,1-3H3,(H,39,45)/t18-,20+,24-,25+/m1/s1. The molecule has 8 rings (SSSR count). The number of likely N-dealkylation sites (tertiary alicyclic amines) is 1. The van der Waals surface area contributed by atoms with Crippen molar-refractivity contribution in [1.82, 2.24) is 29.3 Å². The van der Waals surface area contributed by atoms with Gasteiger partial charge in [0, 0.05) is 61.9 Å². The number of benzene rings is 1. The van der Waals surface area contributed by atoms with E-state index >= 15 is 0 Å². The lowest BCUT2D eigenvalue weighted by atomic mass is 9.80. The van der Waals surface area contributed by atoms with Crippen molar-refractivity contribution >= 4 is 33.9 Å². The van der Waals surface area contributed by atoms with Gasteiger partial charge in [0.25, 0.3) is 5.91 Å². The molecule has 3 saturated carbocycles. The SMILES string of the molecule is COc1cc(C(=O)N2C[C@H](N)[C@H]3CC[C@@H]2C3)cc2nc(-c3cc4ccc([C@@H](C)NC(=O)C5CC(F)(F)C5)nc4n3CC3CC3)n(C)c12. The van der Waals surface area contributed by atoms with Gasteiger partial charge in [0.2, 0.25) is 11.8 Å². The Morgan fingerprint density at radius 1 is 1.13 bits per heavy atom. The number of imidazole rings is 1. The van der Waals surface area contributed by atoms with E-state index in [0.717, 1.165) is 66.7 Å². The maximum atomic E-state index is 13.9. The van der Waals surface area contributed by atoms with Gasteiger partial charge in [-0.1, -0.05) is 0 Å². The van der Waals surface area contributed by atoms with Crippen molar-refractivity contribution in [2.75, 3.05) is 13.7 Å². The summed E-state index contributed by atoms with van der Waals surface area (Å²) in [5.74, 6) is -1.47. The topological polar surface area (TPSA) is 120 Å². The molecule has 4 aliphatic rings. The Hall–Kier alpha value is -4.06. The van der Waals surface area contributed by atoms with E-state index in [4.69, 9.17) is 20.4 Å². The Morgan fingerprint density at radius 3 is 2.64 bits per heavy atom. The first-order chi connectivity index (χ1) is 22.5. The van der Waals surface area contributed by atoms with E-state index in [1.54, 1.807) is 7.11 Å². The van der Waals surface area contributed by atoms with Gasteiger partial charge < -0.3 is 29.8 Å². The summed E-state index contributed by atoms with van der Waals surface area (Å²) in [6, 6.07) is 9.42. The van der Waals surface area contributed by atoms with Crippen LogP contribution in [0.3, 0.4) is 0 Å². The summed E-state index contributed by atoms with van der Waals surface area (Å²) in [6.45, 7) is 3.17. The number of pyridine rings is 1. The number of nitrogens with two attached hydrogens (primary N) is 1. The van der Waals surface area contributed by atoms with Gasteiger partial charge in [0.15, 0.2) is 5.82 Å². The first-order valence-corrected chi connectivity index (χ1v) is 16.8. The Bertz CT molecular complexity index is 1910. The number of aryl methyl sites for hydroxylation is 1. The van der Waals surface area contributed by atoms with Gasteiger partial charge in [-0.15, -0.1) is 0 Å². The molecule has 4 fully saturated rings. The van der Waals surface area contributed by atoms with Gasteiger partial charge in [-0.25, -0.2) is 18.7 Å². The lowest BCUT2D eigenvalue weighted by Crippen LogP contribution is -2.51. The van der Waals surface area contributed by atoms with Crippen LogP contribution in [0.1, 0.15) is 74.0 Å². The van der Waals surface area contributed by atoms with Crippen LogP contribution < -0.4 is 15.8 Å². The largest absolute Gasteiger partial charge is 0.494 e. The summed E-state index contributed by atoms with van der Waals surface area (Å²) >= 11 is 0. The highest BCUT2D eigenvalue weighted by molar-refractivity contribution is 6.00. The molecule has 2 amide bonds. The monoisotopic (exact) mass is 645 g/mol. The second kappa shape index (κ2) is 11.0. The lowest BCUT2D eigenvalue weighted by molar-refractivity contribution is -0.150. The molecule has 1 aromatic carbocycles. The van der Waals surface area contributed by atoms with Gasteiger partial charge in [0.05, 0.1) is 30.1 Å². The number of amides is 2. The third-order valence-corrected chi connectivity index (χ3v) is 11.0. The summed E-state index contributed by atoms with van der Waals surface area (Å²) in [4.78, 5) is 38.5. The molecule has 3 N–H and O–H groups in total. The molecule has 0 unspecified atom stereocenters. The van der Waals surface area contributed by atoms with Crippen LogP contribution in [0.2, 0.25) is 0 Å². The van der Waals surface area contributed by atoms with Gasteiger partial charge in [-0.05, 0) is 81.2 Å². The van der Waals surface area contributed by atoms with Crippen molar-refractivity contribution in [3.8, 4) is 17.3 Å². The van der Waals surface area contributed by atoms with Crippen LogP contribution >= 0.6 is 0 Å². The Kier molecular flexibility index (Phi) is 7.09. The number of hydrogen-bond donors (Lipinski definition) is 2. The van der Waals surface area contributed by atoms with Gasteiger partial charge in [-0.3, -0.25) is 9.59 Å². The summed E-state index contributed by atoms with van der Waals surface area (Å²) in [5, 5.41) is 3.83. The molecule has 10 nitrogen and oxygen atoms in total. The van der Waals surface area contributed by atoms with E-state index in [2.05, 4.69) is 16.0 Å². The number of rotatable bonds is 8. The molecule has 47 heavy (non-hydrogen) atoms. The van der Waals surface area contributed by atoms with Crippen LogP contribution in [0.5, 0.6) is 5.75 Å². The molecule has 0 spiro atoms. The predicted molar refractivity (Wildman–Crippen MR) is 173 cm³/mol. The zero-order valence-electron chi connectivity index (χ0n) is 27.0. The molecular weight excluding hydrogens is 604 g/mol. The molecule has 3 aliphatic carbocycles. The average molecular weight is 646 g/mol. The molecule has 12 heteroatoms. The molecule has 4 aromatic rings. The minimum atomic E-state index is -2.75. The number of aromatic nitrogens is 4. The number of hydrogen-bond acceptors (Lipinski definition) is 6. The fourth-order valence-corrected chi connectivity index (χ4v) is 7.99. The number of halogens is 2. The Labute approximate surface area is 271 Å². The van der Waals surface area contributed by atoms with Crippen LogP contribution in [0.25, 0.3) is 33.6 Å². The van der Waals surface area contributed by atoms with E-state index in [0.29, 0.717) is 40.9 Å². The summed E-state index contributed by atoms with van der Waals surface area (Å²) in [6.07, 6.45) is 4.49. The molecular formula is C35H41F2N7O3. The smallest absolute Gasteiger partial charge is 0.254 e. The molecule has 4 heterocycles. The van der Waals surface area contributed by atoms with Crippen molar-refractivity contribution in [3.05, 3.63) is 41.6 Å². The molecule has 4 atom stereocenters. The van der Waals surface area contributed by atoms with Crippen molar-refractivity contribution in [1.29, 1.82) is 0 Å². The molecule has 248 valence electrons. The summed E-state index contributed by atoms with van der Waals surface area (Å²) in [7, 11) is 3.57. The lowest BCUT2D eigenvalue weighted by Gasteiger charge is -2.37. The van der Waals surface area contributed by atoms with Crippen molar-refractivity contribution in [2.45, 2.75) is 82.5 Å². The molecule has 3 aromatic heterocycles. The number of ether oxygens (including phenoxy) is 1. The highest BCUT2D eigenvalue weighted by atomic mass is 19.3. The van der Waals surface area contributed by atoms with E-state index < -0.39 is 30.7 Å². The van der Waals surface area contributed by atoms with Crippen LogP contribution in [-0.4, -0.2) is 67.5 Å². The van der Waals surface area contributed by atoms with Crippen molar-refractivity contribution < 1.29 is 23.1 Å². The van der Waals surface area contributed by atoms with Gasteiger partial charge in [-0.2, -0.15) is 0 Å². The quantitative estimate of drug-likeness (QED) is 0.273. The fraction of sp³-hybridized carbons (Fsp3) is 0.543. The van der Waals surface area contributed by atoms with Gasteiger partial charge >= 0.3 is 0 Å². The zero-order valence-corrected chi connectivity index (χ0v) is 27.0. The number of nitrogens with zero attached hydrogens (tertiary/aromatic N) is 5. The number of carbonyl (C=O) groups excluding carboxylic acids is 2. The van der Waals surface area contributed by atoms with Crippen LogP contribution in [0.15, 0.2) is 30.3 Å². The van der Waals surface area contributed by atoms with E-state index in [1.807, 2.05) is 47.7 Å². The third-order valence-electron chi connectivity index (χ3n) is 11.0. The highest BCUT2D eigenvalue weighted by Crippen LogP contribution is 2.43. The molecule has 1 saturated heterocycles. The Balaban J connectivity index is 1.15. The Morgan fingerprint density at radius 2 is 1.91 bits per heavy atom. The molecule has 1 aliphatic heterocycles. The molecule has 0 radical (unpaired) electrons. The van der Waals surface area contributed by atoms with E-state index in [9.17, 15) is 18.4 Å². The first-order valence-electron chi connectivity index (χ1n) is 16.8. The zero-order chi connectivity index (χ0) is 32.8. The number of nitrogens with one attached hydrogen (secondary N) is 1. The number of fused-ring (bicyclic) bond motifs is 4. The van der Waals surface area contributed by atoms with Crippen molar-refractivity contribution in [3.63, 3.8) is 0 Å². The first kappa shape index (κ1) is 30.3. The highest BCUT2D eigenvalue weighted by Gasteiger charge is 2.49. The summed E-state index contributed by atoms with van der Waals surface area (Å²) in [5.41, 5.74) is 10.8. The normalized spacial score (nSPS) is 24.5. The summed E-state index contributed by atoms with van der Waals surface area (Å²) < 4.78 is 36.8.